The van der Waals surface area contributed by atoms with Gasteiger partial charge in [0.15, 0.2) is 0 Å². The molecule has 0 fully saturated rings. The quantitative estimate of drug-likeness (QED) is 0.515. The van der Waals surface area contributed by atoms with Crippen molar-refractivity contribution in [3.63, 3.8) is 0 Å². The molecule has 0 aromatic heterocycles. The fourth-order valence-corrected chi connectivity index (χ4v) is 2.68. The van der Waals surface area contributed by atoms with Gasteiger partial charge in [0.2, 0.25) is 0 Å². The van der Waals surface area contributed by atoms with Gasteiger partial charge in [-0.1, -0.05) is 34.1 Å². The summed E-state index contributed by atoms with van der Waals surface area (Å²) in [6.45, 7) is 0. The first-order valence-corrected chi connectivity index (χ1v) is 8.80. The van der Waals surface area contributed by atoms with Gasteiger partial charge in [-0.05, 0) is 54.6 Å². The Bertz CT molecular complexity index is 963. The monoisotopic (exact) mass is 427 g/mol. The lowest BCUT2D eigenvalue weighted by Gasteiger charge is -2.09. The molecule has 0 bridgehead atoms. The highest BCUT2D eigenvalue weighted by Crippen LogP contribution is 2.19. The first-order valence-electron chi connectivity index (χ1n) is 8.01. The first kappa shape index (κ1) is 18.6. The number of halogens is 2. The third kappa shape index (κ3) is 5.15. The van der Waals surface area contributed by atoms with Gasteiger partial charge in [0.25, 0.3) is 5.91 Å². The second-order valence-corrected chi connectivity index (χ2v) is 6.52. The fraction of sp³-hybridized carbons (Fsp3) is 0. The van der Waals surface area contributed by atoms with Crippen molar-refractivity contribution >= 4 is 44.9 Å². The predicted octanol–water partition coefficient (Wildman–Crippen LogP) is 5.48. The molecule has 0 aliphatic rings. The zero-order valence-corrected chi connectivity index (χ0v) is 15.6. The minimum atomic E-state index is -0.605. The smallest absolute Gasteiger partial charge is 0.322 e. The summed E-state index contributed by atoms with van der Waals surface area (Å²) < 4.78 is 14.4. The number of carbonyl (C=O) groups is 2. The summed E-state index contributed by atoms with van der Waals surface area (Å²) in [6, 6.07) is 19.3. The van der Waals surface area contributed by atoms with E-state index in [-0.39, 0.29) is 11.6 Å². The van der Waals surface area contributed by atoms with Crippen LogP contribution in [0.3, 0.4) is 0 Å². The van der Waals surface area contributed by atoms with Gasteiger partial charge in [-0.3, -0.25) is 4.79 Å². The molecule has 0 radical (unpaired) electrons. The molecular weight excluding hydrogens is 413 g/mol. The third-order valence-corrected chi connectivity index (χ3v) is 4.10. The van der Waals surface area contributed by atoms with Crippen LogP contribution in [-0.4, -0.2) is 11.9 Å². The number of hydrogen-bond acceptors (Lipinski definition) is 2. The Kier molecular flexibility index (Phi) is 5.83. The second-order valence-electron chi connectivity index (χ2n) is 5.60. The van der Waals surface area contributed by atoms with Gasteiger partial charge in [-0.2, -0.15) is 0 Å². The van der Waals surface area contributed by atoms with E-state index >= 15 is 0 Å². The molecule has 0 saturated heterocycles. The maximum absolute atomic E-state index is 13.8. The summed E-state index contributed by atoms with van der Waals surface area (Å²) in [4.78, 5) is 24.2. The molecule has 3 rings (SSSR count). The molecular formula is C20H15BrFN3O2. The van der Waals surface area contributed by atoms with Crippen LogP contribution >= 0.6 is 15.9 Å². The SMILES string of the molecule is O=C(Nc1ccccc1)Nc1ccc(NC(=O)c2cc(Br)ccc2F)cc1. The van der Waals surface area contributed by atoms with Crippen LogP contribution in [0.5, 0.6) is 0 Å². The van der Waals surface area contributed by atoms with Crippen molar-refractivity contribution in [2.75, 3.05) is 16.0 Å². The van der Waals surface area contributed by atoms with Gasteiger partial charge < -0.3 is 16.0 Å². The van der Waals surface area contributed by atoms with E-state index < -0.39 is 11.7 Å². The Morgan fingerprint density at radius 2 is 1.30 bits per heavy atom. The molecule has 7 heteroatoms. The number of benzene rings is 3. The highest BCUT2D eigenvalue weighted by molar-refractivity contribution is 9.10. The van der Waals surface area contributed by atoms with E-state index in [1.165, 1.54) is 18.2 Å². The standard InChI is InChI=1S/C20H15BrFN3O2/c21-13-6-11-18(22)17(12-13)19(26)23-15-7-9-16(10-8-15)25-20(27)24-14-4-2-1-3-5-14/h1-12H,(H,23,26)(H2,24,25,27). The van der Waals surface area contributed by atoms with Crippen LogP contribution in [0.4, 0.5) is 26.2 Å². The highest BCUT2D eigenvalue weighted by atomic mass is 79.9. The number of amides is 3. The lowest BCUT2D eigenvalue weighted by Crippen LogP contribution is -2.19. The summed E-state index contributed by atoms with van der Waals surface area (Å²) in [5, 5.41) is 8.01. The van der Waals surface area contributed by atoms with E-state index in [4.69, 9.17) is 0 Å². The summed E-state index contributed by atoms with van der Waals surface area (Å²) in [5.41, 5.74) is 1.65. The second kappa shape index (κ2) is 8.46. The third-order valence-electron chi connectivity index (χ3n) is 3.61. The predicted molar refractivity (Wildman–Crippen MR) is 108 cm³/mol. The lowest BCUT2D eigenvalue weighted by atomic mass is 10.2. The largest absolute Gasteiger partial charge is 0.323 e. The van der Waals surface area contributed by atoms with Crippen LogP contribution in [0.2, 0.25) is 0 Å². The van der Waals surface area contributed by atoms with Crippen molar-refractivity contribution in [2.45, 2.75) is 0 Å². The van der Waals surface area contributed by atoms with Crippen LogP contribution in [0.1, 0.15) is 10.4 Å². The molecule has 0 atom stereocenters. The molecule has 0 aliphatic carbocycles. The van der Waals surface area contributed by atoms with E-state index in [1.54, 1.807) is 36.4 Å². The zero-order valence-electron chi connectivity index (χ0n) is 14.0. The molecule has 0 heterocycles. The van der Waals surface area contributed by atoms with Crippen molar-refractivity contribution in [1.29, 1.82) is 0 Å². The lowest BCUT2D eigenvalue weighted by molar-refractivity contribution is 0.102. The van der Waals surface area contributed by atoms with Crippen LogP contribution in [0.15, 0.2) is 77.3 Å². The molecule has 3 amide bonds. The minimum absolute atomic E-state index is 0.0613. The maximum Gasteiger partial charge on any atom is 0.323 e. The summed E-state index contributed by atoms with van der Waals surface area (Å²) >= 11 is 3.21. The Labute approximate surface area is 163 Å². The molecule has 3 N–H and O–H groups in total. The molecule has 3 aromatic rings. The first-order chi connectivity index (χ1) is 13.0. The molecule has 0 spiro atoms. The van der Waals surface area contributed by atoms with Gasteiger partial charge in [0.05, 0.1) is 5.56 Å². The number of hydrogen-bond donors (Lipinski definition) is 3. The highest BCUT2D eigenvalue weighted by Gasteiger charge is 2.12. The van der Waals surface area contributed by atoms with Gasteiger partial charge in [-0.15, -0.1) is 0 Å². The van der Waals surface area contributed by atoms with Crippen molar-refractivity contribution in [1.82, 2.24) is 0 Å². The van der Waals surface area contributed by atoms with E-state index in [1.807, 2.05) is 18.2 Å². The van der Waals surface area contributed by atoms with Crippen molar-refractivity contribution in [3.8, 4) is 0 Å². The zero-order chi connectivity index (χ0) is 19.2. The molecule has 27 heavy (non-hydrogen) atoms. The number of urea groups is 1. The Balaban J connectivity index is 1.61. The Hall–Kier alpha value is -3.19. The van der Waals surface area contributed by atoms with Crippen LogP contribution in [-0.2, 0) is 0 Å². The topological polar surface area (TPSA) is 70.2 Å². The van der Waals surface area contributed by atoms with Crippen LogP contribution < -0.4 is 16.0 Å². The minimum Gasteiger partial charge on any atom is -0.322 e. The summed E-state index contributed by atoms with van der Waals surface area (Å²) in [7, 11) is 0. The maximum atomic E-state index is 13.8. The molecule has 136 valence electrons. The van der Waals surface area contributed by atoms with Crippen molar-refractivity contribution in [2.24, 2.45) is 0 Å². The van der Waals surface area contributed by atoms with E-state index in [0.717, 1.165) is 0 Å². The normalized spacial score (nSPS) is 10.1. The Morgan fingerprint density at radius 1 is 0.741 bits per heavy atom. The molecule has 0 aliphatic heterocycles. The van der Waals surface area contributed by atoms with Gasteiger partial charge >= 0.3 is 6.03 Å². The number of anilines is 3. The fourth-order valence-electron chi connectivity index (χ4n) is 2.32. The van der Waals surface area contributed by atoms with E-state index in [2.05, 4.69) is 31.9 Å². The molecule has 3 aromatic carbocycles. The average Bonchev–Trinajstić information content (AvgIpc) is 2.66. The van der Waals surface area contributed by atoms with Crippen molar-refractivity contribution in [3.05, 3.63) is 88.6 Å². The molecule has 0 saturated carbocycles. The number of nitrogens with one attached hydrogen (secondary N) is 3. The van der Waals surface area contributed by atoms with E-state index in [9.17, 15) is 14.0 Å². The van der Waals surface area contributed by atoms with Gasteiger partial charge in [0.1, 0.15) is 5.82 Å². The summed E-state index contributed by atoms with van der Waals surface area (Å²) in [6.07, 6.45) is 0. The van der Waals surface area contributed by atoms with Crippen LogP contribution in [0.25, 0.3) is 0 Å². The van der Waals surface area contributed by atoms with Gasteiger partial charge in [-0.25, -0.2) is 9.18 Å². The average molecular weight is 428 g/mol. The van der Waals surface area contributed by atoms with E-state index in [0.29, 0.717) is 21.5 Å². The van der Waals surface area contributed by atoms with Gasteiger partial charge in [0, 0.05) is 21.5 Å². The van der Waals surface area contributed by atoms with Crippen molar-refractivity contribution < 1.29 is 14.0 Å². The molecule has 5 nitrogen and oxygen atoms in total. The van der Waals surface area contributed by atoms with Crippen LogP contribution in [0, 0.1) is 5.82 Å². The number of carbonyl (C=O) groups excluding carboxylic acids is 2. The molecule has 0 unspecified atom stereocenters. The summed E-state index contributed by atoms with van der Waals surface area (Å²) in [5.74, 6) is -1.16. The number of rotatable bonds is 4. The number of para-hydroxylation sites is 1. The Morgan fingerprint density at radius 3 is 1.93 bits per heavy atom.